The lowest BCUT2D eigenvalue weighted by Crippen LogP contribution is -2.43. The Morgan fingerprint density at radius 2 is 2.29 bits per heavy atom. The van der Waals surface area contributed by atoms with E-state index in [0.29, 0.717) is 26.1 Å². The third-order valence-electron chi connectivity index (χ3n) is 4.84. The van der Waals surface area contributed by atoms with Crippen molar-refractivity contribution in [3.63, 3.8) is 0 Å². The molecular weight excluding hydrogens is 376 g/mol. The fraction of sp³-hybridized carbons (Fsp3) is 0.550. The number of hydrogen-bond donors (Lipinski definition) is 1. The van der Waals surface area contributed by atoms with E-state index in [1.165, 1.54) is 11.5 Å². The van der Waals surface area contributed by atoms with Crippen LogP contribution in [0.25, 0.3) is 0 Å². The monoisotopic (exact) mass is 404 g/mol. The number of carbonyl (C=O) groups excluding carboxylic acids is 1. The van der Waals surface area contributed by atoms with Crippen LogP contribution in [0, 0.1) is 5.92 Å². The minimum absolute atomic E-state index is 0.00188. The molecular formula is C20H28N4O3S. The number of amides is 1. The number of ether oxygens (including phenoxy) is 2. The summed E-state index contributed by atoms with van der Waals surface area (Å²) >= 11 is 1.41. The summed E-state index contributed by atoms with van der Waals surface area (Å²) in [7, 11) is 3.34. The molecule has 28 heavy (non-hydrogen) atoms. The first kappa shape index (κ1) is 20.5. The topological polar surface area (TPSA) is 76.6 Å². The Balaban J connectivity index is 1.55. The molecule has 1 N–H and O–H groups in total. The van der Waals surface area contributed by atoms with E-state index in [1.807, 2.05) is 24.3 Å². The van der Waals surface area contributed by atoms with Gasteiger partial charge in [-0.3, -0.25) is 4.79 Å². The van der Waals surface area contributed by atoms with Crippen molar-refractivity contribution in [3.8, 4) is 5.75 Å². The Kier molecular flexibility index (Phi) is 7.62. The maximum absolute atomic E-state index is 12.4. The average molecular weight is 405 g/mol. The normalized spacial score (nSPS) is 16.8. The Bertz CT molecular complexity index is 767. The molecule has 0 radical (unpaired) electrons. The summed E-state index contributed by atoms with van der Waals surface area (Å²) in [4.78, 5) is 19.3. The van der Waals surface area contributed by atoms with Crippen molar-refractivity contribution >= 4 is 22.6 Å². The van der Waals surface area contributed by atoms with Gasteiger partial charge in [0.25, 0.3) is 0 Å². The average Bonchev–Trinajstić information content (AvgIpc) is 3.20. The quantitative estimate of drug-likeness (QED) is 0.647. The number of hydrogen-bond acceptors (Lipinski definition) is 7. The minimum atomic E-state index is 0.00188. The van der Waals surface area contributed by atoms with Crippen LogP contribution in [-0.4, -0.2) is 55.7 Å². The molecule has 1 unspecified atom stereocenters. The fourth-order valence-corrected chi connectivity index (χ4v) is 4.07. The number of methoxy groups -OCH3 is 2. The van der Waals surface area contributed by atoms with Gasteiger partial charge in [0.2, 0.25) is 11.0 Å². The van der Waals surface area contributed by atoms with Crippen molar-refractivity contribution in [2.75, 3.05) is 45.4 Å². The molecule has 152 valence electrons. The first-order valence-electron chi connectivity index (χ1n) is 9.66. The molecule has 8 heteroatoms. The third kappa shape index (κ3) is 5.65. The van der Waals surface area contributed by atoms with Gasteiger partial charge in [0, 0.05) is 51.3 Å². The van der Waals surface area contributed by atoms with Gasteiger partial charge < -0.3 is 19.7 Å². The molecule has 0 aliphatic carbocycles. The zero-order valence-corrected chi connectivity index (χ0v) is 17.3. The number of nitrogens with zero attached hydrogens (tertiary/aromatic N) is 3. The van der Waals surface area contributed by atoms with Crippen LogP contribution in [0.3, 0.4) is 0 Å². The molecule has 2 aromatic rings. The van der Waals surface area contributed by atoms with Crippen LogP contribution < -0.4 is 15.0 Å². The molecule has 1 fully saturated rings. The van der Waals surface area contributed by atoms with E-state index < -0.39 is 0 Å². The second kappa shape index (κ2) is 10.4. The smallest absolute Gasteiger partial charge is 0.224 e. The standard InChI is InChI=1S/C20H28N4O3S/c1-26-11-5-9-21-19(25)16-7-4-10-24(14-16)20-22-18(23-28-20)13-15-6-3-8-17(12-15)27-2/h3,6,8,12,16H,4-5,7,9-11,13-14H2,1-2H3,(H,21,25). The van der Waals surface area contributed by atoms with Crippen LogP contribution in [0.1, 0.15) is 30.7 Å². The summed E-state index contributed by atoms with van der Waals surface area (Å²) in [6.07, 6.45) is 3.41. The molecule has 3 rings (SSSR count). The SMILES string of the molecule is COCCCNC(=O)C1CCCN(c2nc(Cc3cccc(OC)c3)ns2)C1. The fourth-order valence-electron chi connectivity index (χ4n) is 3.35. The van der Waals surface area contributed by atoms with Crippen LogP contribution in [0.2, 0.25) is 0 Å². The van der Waals surface area contributed by atoms with Crippen molar-refractivity contribution in [1.29, 1.82) is 0 Å². The van der Waals surface area contributed by atoms with Crippen LogP contribution in [0.5, 0.6) is 5.75 Å². The van der Waals surface area contributed by atoms with Crippen molar-refractivity contribution in [2.45, 2.75) is 25.7 Å². The van der Waals surface area contributed by atoms with Gasteiger partial charge in [-0.2, -0.15) is 4.37 Å². The van der Waals surface area contributed by atoms with E-state index in [-0.39, 0.29) is 11.8 Å². The van der Waals surface area contributed by atoms with Gasteiger partial charge in [0.1, 0.15) is 11.6 Å². The summed E-state index contributed by atoms with van der Waals surface area (Å²) < 4.78 is 14.8. The van der Waals surface area contributed by atoms with Gasteiger partial charge in [0.15, 0.2) is 0 Å². The molecule has 1 aliphatic rings. The van der Waals surface area contributed by atoms with Crippen LogP contribution in [-0.2, 0) is 16.0 Å². The molecule has 1 aliphatic heterocycles. The maximum Gasteiger partial charge on any atom is 0.224 e. The first-order chi connectivity index (χ1) is 13.7. The zero-order valence-electron chi connectivity index (χ0n) is 16.5. The highest BCUT2D eigenvalue weighted by atomic mass is 32.1. The van der Waals surface area contributed by atoms with Crippen molar-refractivity contribution in [1.82, 2.24) is 14.7 Å². The van der Waals surface area contributed by atoms with Gasteiger partial charge in [-0.1, -0.05) is 12.1 Å². The molecule has 0 bridgehead atoms. The molecule has 1 aromatic heterocycles. The number of benzene rings is 1. The van der Waals surface area contributed by atoms with Gasteiger partial charge in [-0.15, -0.1) is 0 Å². The van der Waals surface area contributed by atoms with Gasteiger partial charge >= 0.3 is 0 Å². The largest absolute Gasteiger partial charge is 0.497 e. The second-order valence-corrected chi connectivity index (χ2v) is 7.67. The van der Waals surface area contributed by atoms with Crippen LogP contribution in [0.4, 0.5) is 5.13 Å². The van der Waals surface area contributed by atoms with E-state index in [2.05, 4.69) is 14.6 Å². The molecule has 1 saturated heterocycles. The number of aromatic nitrogens is 2. The summed E-state index contributed by atoms with van der Waals surface area (Å²) in [6.45, 7) is 2.94. The molecule has 0 saturated carbocycles. The van der Waals surface area contributed by atoms with E-state index in [4.69, 9.17) is 14.5 Å². The van der Waals surface area contributed by atoms with Gasteiger partial charge in [0.05, 0.1) is 13.0 Å². The van der Waals surface area contributed by atoms with Crippen LogP contribution >= 0.6 is 11.5 Å². The number of carbonyl (C=O) groups is 1. The maximum atomic E-state index is 12.4. The van der Waals surface area contributed by atoms with Crippen molar-refractivity contribution in [2.24, 2.45) is 5.92 Å². The molecule has 2 heterocycles. The summed E-state index contributed by atoms with van der Waals surface area (Å²) in [5, 5.41) is 3.92. The zero-order chi connectivity index (χ0) is 19.8. The second-order valence-electron chi connectivity index (χ2n) is 6.94. The molecule has 1 amide bonds. The molecule has 1 atom stereocenters. The van der Waals surface area contributed by atoms with E-state index in [1.54, 1.807) is 14.2 Å². The Hall–Kier alpha value is -2.19. The highest BCUT2D eigenvalue weighted by Gasteiger charge is 2.27. The van der Waals surface area contributed by atoms with Gasteiger partial charge in [-0.05, 0) is 37.0 Å². The molecule has 0 spiro atoms. The van der Waals surface area contributed by atoms with Crippen LogP contribution in [0.15, 0.2) is 24.3 Å². The Morgan fingerprint density at radius 1 is 1.39 bits per heavy atom. The Morgan fingerprint density at radius 3 is 3.11 bits per heavy atom. The number of nitrogens with one attached hydrogen (secondary N) is 1. The third-order valence-corrected chi connectivity index (χ3v) is 5.66. The van der Waals surface area contributed by atoms with E-state index in [9.17, 15) is 4.79 Å². The highest BCUT2D eigenvalue weighted by Crippen LogP contribution is 2.26. The molecule has 1 aromatic carbocycles. The lowest BCUT2D eigenvalue weighted by atomic mass is 9.97. The van der Waals surface area contributed by atoms with E-state index in [0.717, 1.165) is 48.1 Å². The number of anilines is 1. The lowest BCUT2D eigenvalue weighted by molar-refractivity contribution is -0.125. The summed E-state index contributed by atoms with van der Waals surface area (Å²) in [5.41, 5.74) is 1.12. The van der Waals surface area contributed by atoms with Crippen molar-refractivity contribution < 1.29 is 14.3 Å². The molecule has 7 nitrogen and oxygen atoms in total. The minimum Gasteiger partial charge on any atom is -0.497 e. The lowest BCUT2D eigenvalue weighted by Gasteiger charge is -2.31. The predicted octanol–water partition coefficient (Wildman–Crippen LogP) is 2.51. The highest BCUT2D eigenvalue weighted by molar-refractivity contribution is 7.09. The van der Waals surface area contributed by atoms with Gasteiger partial charge in [-0.25, -0.2) is 4.98 Å². The predicted molar refractivity (Wildman–Crippen MR) is 110 cm³/mol. The number of rotatable bonds is 9. The summed E-state index contributed by atoms with van der Waals surface area (Å²) in [6, 6.07) is 7.96. The Labute approximate surface area is 170 Å². The first-order valence-corrected chi connectivity index (χ1v) is 10.4. The summed E-state index contributed by atoms with van der Waals surface area (Å²) in [5.74, 6) is 1.77. The van der Waals surface area contributed by atoms with E-state index >= 15 is 0 Å². The van der Waals surface area contributed by atoms with Crippen molar-refractivity contribution in [3.05, 3.63) is 35.7 Å². The number of piperidine rings is 1.